The molecule has 0 radical (unpaired) electrons. The first kappa shape index (κ1) is 11.0. The highest BCUT2D eigenvalue weighted by Gasteiger charge is 2.08. The van der Waals surface area contributed by atoms with E-state index >= 15 is 0 Å². The van der Waals surface area contributed by atoms with Crippen molar-refractivity contribution in [1.82, 2.24) is 0 Å². The summed E-state index contributed by atoms with van der Waals surface area (Å²) in [5, 5.41) is 15.8. The second-order valence-corrected chi connectivity index (χ2v) is 4.32. The fourth-order valence-corrected chi connectivity index (χ4v) is 1.96. The maximum atomic E-state index is 11.7. The Bertz CT molecular complexity index is 511. The molecule has 0 spiro atoms. The van der Waals surface area contributed by atoms with E-state index in [1.165, 1.54) is 29.5 Å². The van der Waals surface area contributed by atoms with Crippen molar-refractivity contribution in [3.05, 3.63) is 45.6 Å². The van der Waals surface area contributed by atoms with Gasteiger partial charge in [0, 0.05) is 10.9 Å². The Hall–Kier alpha value is -1.52. The summed E-state index contributed by atoms with van der Waals surface area (Å²) in [6.07, 6.45) is 0. The number of aromatic hydroxyl groups is 1. The van der Waals surface area contributed by atoms with E-state index < -0.39 is 0 Å². The number of amides is 1. The minimum Gasteiger partial charge on any atom is -0.506 e. The zero-order chi connectivity index (χ0) is 11.5. The summed E-state index contributed by atoms with van der Waals surface area (Å²) in [5.41, 5.74) is 1.16. The van der Waals surface area contributed by atoms with Crippen LogP contribution in [0, 0.1) is 0 Å². The van der Waals surface area contributed by atoms with E-state index in [0.717, 1.165) is 5.69 Å². The molecule has 0 bridgehead atoms. The Balaban J connectivity index is 2.18. The highest BCUT2D eigenvalue weighted by molar-refractivity contribution is 7.08. The molecule has 0 saturated heterocycles. The van der Waals surface area contributed by atoms with Crippen molar-refractivity contribution in [1.29, 1.82) is 0 Å². The van der Waals surface area contributed by atoms with Crippen LogP contribution in [0.4, 0.5) is 5.69 Å². The van der Waals surface area contributed by atoms with Gasteiger partial charge in [0.1, 0.15) is 5.75 Å². The van der Waals surface area contributed by atoms with Gasteiger partial charge >= 0.3 is 0 Å². The standard InChI is InChI=1S/C11H8ClNO2S/c12-9-5-7(1-2-10(9)14)11(15)13-8-3-4-16-6-8/h1-6,14H,(H,13,15). The van der Waals surface area contributed by atoms with E-state index in [0.29, 0.717) is 5.56 Å². The molecule has 0 aliphatic rings. The van der Waals surface area contributed by atoms with Gasteiger partial charge in [0.05, 0.1) is 10.7 Å². The number of benzene rings is 1. The van der Waals surface area contributed by atoms with Crippen LogP contribution in [-0.2, 0) is 0 Å². The maximum Gasteiger partial charge on any atom is 0.255 e. The van der Waals surface area contributed by atoms with Crippen LogP contribution in [0.15, 0.2) is 35.0 Å². The quantitative estimate of drug-likeness (QED) is 0.862. The molecule has 3 nitrogen and oxygen atoms in total. The lowest BCUT2D eigenvalue weighted by molar-refractivity contribution is 0.102. The van der Waals surface area contributed by atoms with Crippen LogP contribution in [0.25, 0.3) is 0 Å². The van der Waals surface area contributed by atoms with Crippen LogP contribution in [0.1, 0.15) is 10.4 Å². The summed E-state index contributed by atoms with van der Waals surface area (Å²) in [4.78, 5) is 11.7. The lowest BCUT2D eigenvalue weighted by Gasteiger charge is -2.03. The van der Waals surface area contributed by atoms with Crippen LogP contribution >= 0.6 is 22.9 Å². The van der Waals surface area contributed by atoms with E-state index in [2.05, 4.69) is 5.32 Å². The van der Waals surface area contributed by atoms with E-state index in [4.69, 9.17) is 11.6 Å². The molecule has 82 valence electrons. The van der Waals surface area contributed by atoms with Gasteiger partial charge in [0.2, 0.25) is 0 Å². The third kappa shape index (κ3) is 2.35. The third-order valence-corrected chi connectivity index (χ3v) is 2.97. The van der Waals surface area contributed by atoms with Crippen molar-refractivity contribution in [2.45, 2.75) is 0 Å². The molecule has 1 amide bonds. The molecule has 1 heterocycles. The van der Waals surface area contributed by atoms with Gasteiger partial charge in [-0.3, -0.25) is 4.79 Å². The summed E-state index contributed by atoms with van der Waals surface area (Å²) >= 11 is 7.21. The van der Waals surface area contributed by atoms with Crippen LogP contribution in [-0.4, -0.2) is 11.0 Å². The maximum absolute atomic E-state index is 11.7. The Labute approximate surface area is 101 Å². The fourth-order valence-electron chi connectivity index (χ4n) is 1.19. The van der Waals surface area contributed by atoms with Crippen molar-refractivity contribution in [3.63, 3.8) is 0 Å². The number of carbonyl (C=O) groups excluding carboxylic acids is 1. The zero-order valence-electron chi connectivity index (χ0n) is 8.11. The molecule has 0 atom stereocenters. The van der Waals surface area contributed by atoms with Crippen molar-refractivity contribution in [2.24, 2.45) is 0 Å². The van der Waals surface area contributed by atoms with Crippen molar-refractivity contribution in [2.75, 3.05) is 5.32 Å². The summed E-state index contributed by atoms with van der Waals surface area (Å²) in [6.45, 7) is 0. The lowest BCUT2D eigenvalue weighted by atomic mass is 10.2. The molecule has 0 fully saturated rings. The van der Waals surface area contributed by atoms with Crippen molar-refractivity contribution >= 4 is 34.5 Å². The molecule has 0 unspecified atom stereocenters. The molecule has 0 aliphatic carbocycles. The first-order valence-electron chi connectivity index (χ1n) is 4.49. The molecular formula is C11H8ClNO2S. The summed E-state index contributed by atoms with van der Waals surface area (Å²) in [5.74, 6) is -0.283. The molecule has 2 aromatic rings. The summed E-state index contributed by atoms with van der Waals surface area (Å²) in [6, 6.07) is 6.15. The Kier molecular flexibility index (Phi) is 3.12. The van der Waals surface area contributed by atoms with Crippen molar-refractivity contribution < 1.29 is 9.90 Å². The average Bonchev–Trinajstić information content (AvgIpc) is 2.74. The molecule has 5 heteroatoms. The van der Waals surface area contributed by atoms with Gasteiger partial charge in [-0.2, -0.15) is 11.3 Å². The van der Waals surface area contributed by atoms with Gasteiger partial charge in [-0.25, -0.2) is 0 Å². The average molecular weight is 254 g/mol. The number of carbonyl (C=O) groups is 1. The zero-order valence-corrected chi connectivity index (χ0v) is 9.68. The number of halogens is 1. The van der Waals surface area contributed by atoms with Crippen LogP contribution in [0.5, 0.6) is 5.75 Å². The molecular weight excluding hydrogens is 246 g/mol. The van der Waals surface area contributed by atoms with Crippen LogP contribution in [0.3, 0.4) is 0 Å². The summed E-state index contributed by atoms with van der Waals surface area (Å²) in [7, 11) is 0. The molecule has 1 aromatic carbocycles. The molecule has 2 N–H and O–H groups in total. The van der Waals surface area contributed by atoms with E-state index in [1.54, 1.807) is 0 Å². The molecule has 16 heavy (non-hydrogen) atoms. The Morgan fingerprint density at radius 3 is 2.81 bits per heavy atom. The Morgan fingerprint density at radius 1 is 1.38 bits per heavy atom. The lowest BCUT2D eigenvalue weighted by Crippen LogP contribution is -2.10. The van der Waals surface area contributed by atoms with Gasteiger partial charge in [0.15, 0.2) is 0 Å². The largest absolute Gasteiger partial charge is 0.506 e. The number of hydrogen-bond acceptors (Lipinski definition) is 3. The number of rotatable bonds is 2. The summed E-state index contributed by atoms with van der Waals surface area (Å²) < 4.78 is 0. The molecule has 0 aliphatic heterocycles. The predicted octanol–water partition coefficient (Wildman–Crippen LogP) is 3.36. The number of anilines is 1. The first-order chi connectivity index (χ1) is 7.66. The van der Waals surface area contributed by atoms with Crippen LogP contribution in [0.2, 0.25) is 5.02 Å². The smallest absolute Gasteiger partial charge is 0.255 e. The molecule has 1 aromatic heterocycles. The van der Waals surface area contributed by atoms with Crippen molar-refractivity contribution in [3.8, 4) is 5.75 Å². The topological polar surface area (TPSA) is 49.3 Å². The monoisotopic (exact) mass is 253 g/mol. The SMILES string of the molecule is O=C(Nc1ccsc1)c1ccc(O)c(Cl)c1. The van der Waals surface area contributed by atoms with E-state index in [9.17, 15) is 9.90 Å². The number of phenolic OH excluding ortho intramolecular Hbond substituents is 1. The van der Waals surface area contributed by atoms with Gasteiger partial charge in [-0.05, 0) is 29.6 Å². The second-order valence-electron chi connectivity index (χ2n) is 3.13. The third-order valence-electron chi connectivity index (χ3n) is 1.99. The highest BCUT2D eigenvalue weighted by atomic mass is 35.5. The molecule has 2 rings (SSSR count). The minimum absolute atomic E-state index is 0.0336. The minimum atomic E-state index is -0.250. The van der Waals surface area contributed by atoms with Gasteiger partial charge in [0.25, 0.3) is 5.91 Å². The number of nitrogens with one attached hydrogen (secondary N) is 1. The second kappa shape index (κ2) is 4.55. The number of phenols is 1. The number of thiophene rings is 1. The normalized spacial score (nSPS) is 10.1. The Morgan fingerprint density at radius 2 is 2.19 bits per heavy atom. The number of hydrogen-bond donors (Lipinski definition) is 2. The highest BCUT2D eigenvalue weighted by Crippen LogP contribution is 2.24. The van der Waals surface area contributed by atoms with Crippen LogP contribution < -0.4 is 5.32 Å². The molecule has 0 saturated carbocycles. The predicted molar refractivity (Wildman–Crippen MR) is 65.4 cm³/mol. The van der Waals surface area contributed by atoms with E-state index in [1.807, 2.05) is 16.8 Å². The van der Waals surface area contributed by atoms with Gasteiger partial charge in [-0.1, -0.05) is 11.6 Å². The first-order valence-corrected chi connectivity index (χ1v) is 5.81. The van der Waals surface area contributed by atoms with E-state index in [-0.39, 0.29) is 16.7 Å². The van der Waals surface area contributed by atoms with Gasteiger partial charge < -0.3 is 10.4 Å². The van der Waals surface area contributed by atoms with Gasteiger partial charge in [-0.15, -0.1) is 0 Å². The fraction of sp³-hybridized carbons (Fsp3) is 0.